The van der Waals surface area contributed by atoms with Crippen LogP contribution in [0.1, 0.15) is 6.42 Å². The Morgan fingerprint density at radius 2 is 1.89 bits per heavy atom. The van der Waals surface area contributed by atoms with E-state index in [1.165, 1.54) is 4.90 Å². The van der Waals surface area contributed by atoms with E-state index in [1.54, 1.807) is 0 Å². The summed E-state index contributed by atoms with van der Waals surface area (Å²) in [6.07, 6.45) is 0.776. The SMILES string of the molecule is O=S1(=O)CCCN(CCSc2ccccc2)CC1. The molecule has 0 radical (unpaired) electrons. The first-order valence-corrected chi connectivity index (χ1v) is 9.07. The Bertz CT molecular complexity index is 459. The summed E-state index contributed by atoms with van der Waals surface area (Å²) in [6.45, 7) is 2.57. The summed E-state index contributed by atoms with van der Waals surface area (Å²) in [5, 5.41) is 0. The molecule has 3 nitrogen and oxygen atoms in total. The molecule has 0 saturated carbocycles. The van der Waals surface area contributed by atoms with Gasteiger partial charge in [0.2, 0.25) is 0 Å². The molecule has 0 unspecified atom stereocenters. The van der Waals surface area contributed by atoms with E-state index >= 15 is 0 Å². The number of rotatable bonds is 4. The Morgan fingerprint density at radius 1 is 1.11 bits per heavy atom. The largest absolute Gasteiger partial charge is 0.301 e. The second-order valence-electron chi connectivity index (χ2n) is 4.51. The fourth-order valence-corrected chi connectivity index (χ4v) is 4.27. The molecular weight excluding hydrogens is 266 g/mol. The van der Waals surface area contributed by atoms with Crippen molar-refractivity contribution in [3.8, 4) is 0 Å². The minimum absolute atomic E-state index is 0.322. The summed E-state index contributed by atoms with van der Waals surface area (Å²) in [5.74, 6) is 1.70. The minimum Gasteiger partial charge on any atom is -0.301 e. The van der Waals surface area contributed by atoms with Crippen LogP contribution in [0.5, 0.6) is 0 Å². The molecule has 5 heteroatoms. The highest BCUT2D eigenvalue weighted by Gasteiger charge is 2.18. The van der Waals surface area contributed by atoms with Gasteiger partial charge in [-0.1, -0.05) is 18.2 Å². The van der Waals surface area contributed by atoms with Gasteiger partial charge in [0.25, 0.3) is 0 Å². The summed E-state index contributed by atoms with van der Waals surface area (Å²) in [6, 6.07) is 10.3. The maximum absolute atomic E-state index is 11.5. The lowest BCUT2D eigenvalue weighted by atomic mass is 10.4. The van der Waals surface area contributed by atoms with Crippen molar-refractivity contribution in [2.45, 2.75) is 11.3 Å². The summed E-state index contributed by atoms with van der Waals surface area (Å²) in [5.41, 5.74) is 0. The van der Waals surface area contributed by atoms with Crippen molar-refractivity contribution in [2.75, 3.05) is 36.9 Å². The first kappa shape index (κ1) is 13.9. The Labute approximate surface area is 113 Å². The normalized spacial score (nSPS) is 20.4. The third kappa shape index (κ3) is 4.63. The fourth-order valence-electron chi connectivity index (χ4n) is 2.02. The zero-order valence-electron chi connectivity index (χ0n) is 10.4. The van der Waals surface area contributed by atoms with Crippen LogP contribution in [0.15, 0.2) is 35.2 Å². The third-order valence-electron chi connectivity index (χ3n) is 3.07. The van der Waals surface area contributed by atoms with Crippen LogP contribution in [0.3, 0.4) is 0 Å². The lowest BCUT2D eigenvalue weighted by molar-refractivity contribution is 0.314. The van der Waals surface area contributed by atoms with Crippen molar-refractivity contribution < 1.29 is 8.42 Å². The number of benzene rings is 1. The van der Waals surface area contributed by atoms with Gasteiger partial charge in [-0.05, 0) is 25.1 Å². The van der Waals surface area contributed by atoms with E-state index < -0.39 is 9.84 Å². The Kier molecular flexibility index (Phi) is 5.09. The van der Waals surface area contributed by atoms with E-state index in [2.05, 4.69) is 17.0 Å². The summed E-state index contributed by atoms with van der Waals surface area (Å²) in [4.78, 5) is 3.54. The smallest absolute Gasteiger partial charge is 0.151 e. The average molecular weight is 285 g/mol. The van der Waals surface area contributed by atoms with E-state index in [0.717, 1.165) is 25.3 Å². The first-order valence-electron chi connectivity index (χ1n) is 6.26. The number of nitrogens with zero attached hydrogens (tertiary/aromatic N) is 1. The van der Waals surface area contributed by atoms with Crippen molar-refractivity contribution in [2.24, 2.45) is 0 Å². The van der Waals surface area contributed by atoms with Gasteiger partial charge < -0.3 is 4.90 Å². The van der Waals surface area contributed by atoms with Crippen LogP contribution >= 0.6 is 11.8 Å². The molecule has 1 heterocycles. The Hall–Kier alpha value is -0.520. The highest BCUT2D eigenvalue weighted by atomic mass is 32.2. The fraction of sp³-hybridized carbons (Fsp3) is 0.538. The van der Waals surface area contributed by atoms with Crippen LogP contribution in [-0.4, -0.2) is 50.2 Å². The second-order valence-corrected chi connectivity index (χ2v) is 7.98. The number of hydrogen-bond donors (Lipinski definition) is 0. The zero-order chi connectivity index (χ0) is 12.8. The average Bonchev–Trinajstić information content (AvgIpc) is 2.52. The molecule has 0 aliphatic carbocycles. The molecule has 1 aromatic rings. The van der Waals surface area contributed by atoms with Crippen molar-refractivity contribution >= 4 is 21.6 Å². The standard InChI is InChI=1S/C13H19NO2S2/c15-18(16)11-4-7-14(9-12-18)8-10-17-13-5-2-1-3-6-13/h1-3,5-6H,4,7-12H2. The van der Waals surface area contributed by atoms with E-state index in [1.807, 2.05) is 30.0 Å². The monoisotopic (exact) mass is 285 g/mol. The van der Waals surface area contributed by atoms with Crippen LogP contribution in [0.2, 0.25) is 0 Å². The third-order valence-corrected chi connectivity index (χ3v) is 5.78. The molecule has 1 fully saturated rings. The van der Waals surface area contributed by atoms with E-state index in [0.29, 0.717) is 18.1 Å². The lowest BCUT2D eigenvalue weighted by Gasteiger charge is -2.18. The number of sulfone groups is 1. The molecule has 1 aliphatic rings. The molecule has 0 N–H and O–H groups in total. The predicted molar refractivity (Wildman–Crippen MR) is 76.9 cm³/mol. The second kappa shape index (κ2) is 6.59. The van der Waals surface area contributed by atoms with Gasteiger partial charge >= 0.3 is 0 Å². The van der Waals surface area contributed by atoms with Crippen molar-refractivity contribution in [3.63, 3.8) is 0 Å². The van der Waals surface area contributed by atoms with Gasteiger partial charge in [0.15, 0.2) is 9.84 Å². The molecule has 100 valence electrons. The summed E-state index contributed by atoms with van der Waals surface area (Å²) >= 11 is 1.83. The van der Waals surface area contributed by atoms with Crippen molar-refractivity contribution in [1.29, 1.82) is 0 Å². The summed E-state index contributed by atoms with van der Waals surface area (Å²) in [7, 11) is -2.78. The predicted octanol–water partition coefficient (Wildman–Crippen LogP) is 1.90. The molecule has 0 aromatic heterocycles. The highest BCUT2D eigenvalue weighted by molar-refractivity contribution is 7.99. The van der Waals surface area contributed by atoms with E-state index in [-0.39, 0.29) is 0 Å². The molecule has 1 aromatic carbocycles. The van der Waals surface area contributed by atoms with Crippen molar-refractivity contribution in [1.82, 2.24) is 4.90 Å². The van der Waals surface area contributed by atoms with Gasteiger partial charge in [-0.3, -0.25) is 0 Å². The van der Waals surface area contributed by atoms with Gasteiger partial charge in [-0.25, -0.2) is 8.42 Å². The molecule has 1 saturated heterocycles. The maximum atomic E-state index is 11.5. The molecule has 0 bridgehead atoms. The highest BCUT2D eigenvalue weighted by Crippen LogP contribution is 2.17. The quantitative estimate of drug-likeness (QED) is 0.792. The van der Waals surface area contributed by atoms with Crippen molar-refractivity contribution in [3.05, 3.63) is 30.3 Å². The zero-order valence-corrected chi connectivity index (χ0v) is 12.0. The van der Waals surface area contributed by atoms with Gasteiger partial charge in [-0.15, -0.1) is 11.8 Å². The molecule has 0 atom stereocenters. The van der Waals surface area contributed by atoms with Crippen LogP contribution in [0.4, 0.5) is 0 Å². The van der Waals surface area contributed by atoms with E-state index in [9.17, 15) is 8.42 Å². The van der Waals surface area contributed by atoms with E-state index in [4.69, 9.17) is 0 Å². The van der Waals surface area contributed by atoms with Crippen LogP contribution in [0, 0.1) is 0 Å². The van der Waals surface area contributed by atoms with Crippen LogP contribution in [0.25, 0.3) is 0 Å². The molecule has 2 rings (SSSR count). The van der Waals surface area contributed by atoms with Gasteiger partial charge in [0, 0.05) is 23.7 Å². The molecule has 0 spiro atoms. The summed E-state index contributed by atoms with van der Waals surface area (Å²) < 4.78 is 23.0. The van der Waals surface area contributed by atoms with Gasteiger partial charge in [0.05, 0.1) is 11.5 Å². The van der Waals surface area contributed by atoms with Gasteiger partial charge in [-0.2, -0.15) is 0 Å². The number of thioether (sulfide) groups is 1. The Morgan fingerprint density at radius 3 is 2.67 bits per heavy atom. The topological polar surface area (TPSA) is 37.4 Å². The molecule has 18 heavy (non-hydrogen) atoms. The van der Waals surface area contributed by atoms with Crippen LogP contribution < -0.4 is 0 Å². The molecule has 1 aliphatic heterocycles. The van der Waals surface area contributed by atoms with Crippen LogP contribution in [-0.2, 0) is 9.84 Å². The van der Waals surface area contributed by atoms with Gasteiger partial charge in [0.1, 0.15) is 0 Å². The lowest BCUT2D eigenvalue weighted by Crippen LogP contribution is -2.29. The molecule has 0 amide bonds. The Balaban J connectivity index is 1.74. The minimum atomic E-state index is -2.78. The number of hydrogen-bond acceptors (Lipinski definition) is 4. The first-order chi connectivity index (χ1) is 8.66. The molecular formula is C13H19NO2S2. The maximum Gasteiger partial charge on any atom is 0.151 e.